The molecule has 0 radical (unpaired) electrons. The molecule has 0 heterocycles. The lowest BCUT2D eigenvalue weighted by molar-refractivity contribution is 0.104. The van der Waals surface area contributed by atoms with Gasteiger partial charge in [-0.05, 0) is 54.1 Å². The quantitative estimate of drug-likeness (QED) is 0.454. The Hall–Kier alpha value is -0.800. The van der Waals surface area contributed by atoms with Crippen molar-refractivity contribution in [2.75, 3.05) is 0 Å². The van der Waals surface area contributed by atoms with Gasteiger partial charge in [-0.15, -0.1) is 17.0 Å². The van der Waals surface area contributed by atoms with Gasteiger partial charge in [0, 0.05) is 20.6 Å². The van der Waals surface area contributed by atoms with Gasteiger partial charge >= 0.3 is 0 Å². The third-order valence-electron chi connectivity index (χ3n) is 2.51. The number of ketones is 1. The molecule has 0 aliphatic carbocycles. The molecule has 0 aromatic heterocycles. The van der Waals surface area contributed by atoms with E-state index >= 15 is 0 Å². The molecule has 1 nitrogen and oxygen atoms in total. The average Bonchev–Trinajstić information content (AvgIpc) is 2.38. The van der Waals surface area contributed by atoms with Crippen LogP contribution in [0, 0.1) is 0 Å². The Labute approximate surface area is 142 Å². The van der Waals surface area contributed by atoms with Crippen LogP contribution in [0.25, 0.3) is 6.08 Å². The second-order valence-corrected chi connectivity index (χ2v) is 5.15. The van der Waals surface area contributed by atoms with Gasteiger partial charge in [0.1, 0.15) is 0 Å². The van der Waals surface area contributed by atoms with E-state index in [0.717, 1.165) is 5.56 Å². The first-order chi connectivity index (χ1) is 9.06. The topological polar surface area (TPSA) is 17.1 Å². The molecule has 2 aromatic rings. The third-order valence-corrected chi connectivity index (χ3v) is 3.32. The summed E-state index contributed by atoms with van der Waals surface area (Å²) in [6.07, 6.45) is 3.13. The van der Waals surface area contributed by atoms with Crippen molar-refractivity contribution >= 4 is 63.6 Å². The fraction of sp³-hybridized carbons (Fsp3) is 0. The maximum atomic E-state index is 11.9. The van der Waals surface area contributed by atoms with Gasteiger partial charge in [0.25, 0.3) is 0 Å². The Morgan fingerprint density at radius 3 is 2.10 bits per heavy atom. The van der Waals surface area contributed by atoms with E-state index in [1.54, 1.807) is 48.5 Å². The Balaban J connectivity index is 0.00000200. The number of rotatable bonds is 3. The predicted octanol–water partition coefficient (Wildman–Crippen LogP) is 6.12. The molecule has 0 spiro atoms. The normalized spacial score (nSPS) is 10.3. The molecular formula is C15H10BrCl3O. The van der Waals surface area contributed by atoms with Crippen molar-refractivity contribution in [2.45, 2.75) is 0 Å². The van der Waals surface area contributed by atoms with Crippen molar-refractivity contribution in [3.05, 3.63) is 74.7 Å². The fourth-order valence-electron chi connectivity index (χ4n) is 1.51. The third kappa shape index (κ3) is 4.64. The summed E-state index contributed by atoms with van der Waals surface area (Å²) >= 11 is 17.6. The SMILES string of the molecule is Br.O=C(/C=C/c1ccc(Cl)cc1Cl)c1ccc(Cl)cc1. The second kappa shape index (κ2) is 7.84. The highest BCUT2D eigenvalue weighted by Gasteiger charge is 2.02. The van der Waals surface area contributed by atoms with E-state index in [0.29, 0.717) is 20.6 Å². The highest BCUT2D eigenvalue weighted by molar-refractivity contribution is 8.93. The first-order valence-electron chi connectivity index (χ1n) is 5.49. The second-order valence-electron chi connectivity index (χ2n) is 3.87. The molecule has 0 amide bonds. The molecule has 0 unspecified atom stereocenters. The summed E-state index contributed by atoms with van der Waals surface area (Å²) in [6.45, 7) is 0. The van der Waals surface area contributed by atoms with Gasteiger partial charge in [-0.3, -0.25) is 4.79 Å². The molecule has 0 atom stereocenters. The number of carbonyl (C=O) groups excluding carboxylic acids is 1. The van der Waals surface area contributed by atoms with E-state index in [1.165, 1.54) is 6.08 Å². The summed E-state index contributed by atoms with van der Waals surface area (Å²) in [5.74, 6) is -0.109. The van der Waals surface area contributed by atoms with E-state index in [9.17, 15) is 4.79 Å². The summed E-state index contributed by atoms with van der Waals surface area (Å²) in [7, 11) is 0. The van der Waals surface area contributed by atoms with Crippen LogP contribution >= 0.6 is 51.8 Å². The van der Waals surface area contributed by atoms with Crippen molar-refractivity contribution < 1.29 is 4.79 Å². The van der Waals surface area contributed by atoms with Crippen LogP contribution in [-0.2, 0) is 0 Å². The van der Waals surface area contributed by atoms with Gasteiger partial charge in [0.2, 0.25) is 0 Å². The van der Waals surface area contributed by atoms with E-state index in [1.807, 2.05) is 0 Å². The molecule has 104 valence electrons. The molecule has 0 aliphatic rings. The lowest BCUT2D eigenvalue weighted by Gasteiger charge is -1.99. The van der Waals surface area contributed by atoms with Crippen molar-refractivity contribution in [3.63, 3.8) is 0 Å². The maximum absolute atomic E-state index is 11.9. The minimum atomic E-state index is -0.109. The fourth-order valence-corrected chi connectivity index (χ4v) is 2.11. The predicted molar refractivity (Wildman–Crippen MR) is 91.6 cm³/mol. The first-order valence-corrected chi connectivity index (χ1v) is 6.63. The van der Waals surface area contributed by atoms with Crippen molar-refractivity contribution in [1.82, 2.24) is 0 Å². The highest BCUT2D eigenvalue weighted by Crippen LogP contribution is 2.22. The number of carbonyl (C=O) groups is 1. The molecule has 0 aliphatic heterocycles. The molecule has 0 saturated carbocycles. The van der Waals surface area contributed by atoms with Crippen LogP contribution < -0.4 is 0 Å². The minimum absolute atomic E-state index is 0. The molecule has 5 heteroatoms. The van der Waals surface area contributed by atoms with Gasteiger partial charge in [-0.1, -0.05) is 40.9 Å². The highest BCUT2D eigenvalue weighted by atomic mass is 79.9. The summed E-state index contributed by atoms with van der Waals surface area (Å²) in [5, 5.41) is 1.67. The number of benzene rings is 2. The number of allylic oxidation sites excluding steroid dienone is 1. The standard InChI is InChI=1S/C15H9Cl3O.BrH/c16-12-5-2-11(3-6-12)15(19)8-4-10-1-7-13(17)9-14(10)18;/h1-9H;1H/b8-4+;. The largest absolute Gasteiger partial charge is 0.289 e. The van der Waals surface area contributed by atoms with Crippen molar-refractivity contribution in [3.8, 4) is 0 Å². The molecule has 20 heavy (non-hydrogen) atoms. The zero-order chi connectivity index (χ0) is 13.8. The molecule has 0 saturated heterocycles. The first kappa shape index (κ1) is 17.3. The lowest BCUT2D eigenvalue weighted by Crippen LogP contribution is -1.93. The lowest BCUT2D eigenvalue weighted by atomic mass is 10.1. The number of hydrogen-bond acceptors (Lipinski definition) is 1. The number of halogens is 4. The zero-order valence-electron chi connectivity index (χ0n) is 10.1. The monoisotopic (exact) mass is 390 g/mol. The Morgan fingerprint density at radius 1 is 0.900 bits per heavy atom. The van der Waals surface area contributed by atoms with Gasteiger partial charge in [-0.25, -0.2) is 0 Å². The molecule has 0 bridgehead atoms. The van der Waals surface area contributed by atoms with Crippen molar-refractivity contribution in [2.24, 2.45) is 0 Å². The number of hydrogen-bond donors (Lipinski definition) is 0. The summed E-state index contributed by atoms with van der Waals surface area (Å²) in [4.78, 5) is 11.9. The zero-order valence-corrected chi connectivity index (χ0v) is 14.1. The van der Waals surface area contributed by atoms with Crippen LogP contribution in [-0.4, -0.2) is 5.78 Å². The Morgan fingerprint density at radius 2 is 1.50 bits per heavy atom. The van der Waals surface area contributed by atoms with Gasteiger partial charge in [0.15, 0.2) is 5.78 Å². The van der Waals surface area contributed by atoms with Crippen LogP contribution in [0.5, 0.6) is 0 Å². The maximum Gasteiger partial charge on any atom is 0.185 e. The molecular weight excluding hydrogens is 382 g/mol. The Bertz CT molecular complexity index is 636. The molecule has 0 fully saturated rings. The summed E-state index contributed by atoms with van der Waals surface area (Å²) < 4.78 is 0. The van der Waals surface area contributed by atoms with Gasteiger partial charge in [-0.2, -0.15) is 0 Å². The summed E-state index contributed by atoms with van der Waals surface area (Å²) in [6, 6.07) is 11.8. The minimum Gasteiger partial charge on any atom is -0.289 e. The van der Waals surface area contributed by atoms with Crippen LogP contribution in [0.1, 0.15) is 15.9 Å². The summed E-state index contributed by atoms with van der Waals surface area (Å²) in [5.41, 5.74) is 1.32. The molecule has 2 rings (SSSR count). The van der Waals surface area contributed by atoms with Gasteiger partial charge in [0.05, 0.1) is 0 Å². The molecule has 2 aromatic carbocycles. The van der Waals surface area contributed by atoms with Crippen LogP contribution in [0.15, 0.2) is 48.5 Å². The van der Waals surface area contributed by atoms with E-state index in [2.05, 4.69) is 0 Å². The van der Waals surface area contributed by atoms with E-state index < -0.39 is 0 Å². The van der Waals surface area contributed by atoms with Gasteiger partial charge < -0.3 is 0 Å². The molecule has 0 N–H and O–H groups in total. The Kier molecular flexibility index (Phi) is 6.77. The average molecular weight is 393 g/mol. The smallest absolute Gasteiger partial charge is 0.185 e. The van der Waals surface area contributed by atoms with E-state index in [4.69, 9.17) is 34.8 Å². The van der Waals surface area contributed by atoms with Crippen LogP contribution in [0.2, 0.25) is 15.1 Å². The van der Waals surface area contributed by atoms with E-state index in [-0.39, 0.29) is 22.8 Å². The van der Waals surface area contributed by atoms with Crippen LogP contribution in [0.4, 0.5) is 0 Å². The van der Waals surface area contributed by atoms with Crippen molar-refractivity contribution in [1.29, 1.82) is 0 Å². The van der Waals surface area contributed by atoms with Crippen LogP contribution in [0.3, 0.4) is 0 Å².